The van der Waals surface area contributed by atoms with Gasteiger partial charge in [-0.25, -0.2) is 0 Å². The Labute approximate surface area is 105 Å². The lowest BCUT2D eigenvalue weighted by Gasteiger charge is -2.10. The lowest BCUT2D eigenvalue weighted by atomic mass is 10.2. The van der Waals surface area contributed by atoms with Crippen molar-refractivity contribution in [3.05, 3.63) is 24.3 Å². The number of anilines is 1. The summed E-state index contributed by atoms with van der Waals surface area (Å²) in [5, 5.41) is 5.09. The molecule has 0 radical (unpaired) electrons. The molecule has 2 amide bonds. The Morgan fingerprint density at radius 1 is 1.44 bits per heavy atom. The maximum Gasteiger partial charge on any atom is 0.257 e. The summed E-state index contributed by atoms with van der Waals surface area (Å²) in [4.78, 5) is 22.4. The molecule has 0 aliphatic carbocycles. The minimum atomic E-state index is -0.583. The van der Waals surface area contributed by atoms with E-state index in [1.54, 1.807) is 31.2 Å². The van der Waals surface area contributed by atoms with Crippen LogP contribution in [0.4, 0.5) is 5.69 Å². The van der Waals surface area contributed by atoms with E-state index < -0.39 is 6.04 Å². The fraction of sp³-hybridized carbons (Fsp3) is 0.333. The first-order chi connectivity index (χ1) is 8.52. The van der Waals surface area contributed by atoms with E-state index in [0.717, 1.165) is 0 Å². The quantitative estimate of drug-likeness (QED) is 0.691. The summed E-state index contributed by atoms with van der Waals surface area (Å²) >= 11 is 0. The van der Waals surface area contributed by atoms with Gasteiger partial charge in [0.2, 0.25) is 5.91 Å². The summed E-state index contributed by atoms with van der Waals surface area (Å²) in [6.07, 6.45) is 0. The standard InChI is InChI=1S/C12H17N3O3/c1-8(13)12(17)15-9-4-3-5-10(6-9)18-7-11(16)14-2/h3-6,8H,7,13H2,1-2H3,(H,14,16)(H,15,17). The maximum atomic E-state index is 11.4. The van der Waals surface area contributed by atoms with E-state index in [0.29, 0.717) is 11.4 Å². The monoisotopic (exact) mass is 251 g/mol. The van der Waals surface area contributed by atoms with Crippen molar-refractivity contribution in [3.63, 3.8) is 0 Å². The van der Waals surface area contributed by atoms with E-state index in [9.17, 15) is 9.59 Å². The molecular formula is C12H17N3O3. The molecule has 4 N–H and O–H groups in total. The van der Waals surface area contributed by atoms with Gasteiger partial charge in [-0.15, -0.1) is 0 Å². The van der Waals surface area contributed by atoms with E-state index in [1.807, 2.05) is 0 Å². The number of rotatable bonds is 5. The Balaban J connectivity index is 2.62. The van der Waals surface area contributed by atoms with Gasteiger partial charge in [-0.2, -0.15) is 0 Å². The highest BCUT2D eigenvalue weighted by Gasteiger charge is 2.08. The number of carbonyl (C=O) groups excluding carboxylic acids is 2. The van der Waals surface area contributed by atoms with Gasteiger partial charge >= 0.3 is 0 Å². The second-order valence-electron chi connectivity index (χ2n) is 3.77. The van der Waals surface area contributed by atoms with Crippen LogP contribution < -0.4 is 21.1 Å². The van der Waals surface area contributed by atoms with E-state index >= 15 is 0 Å². The molecule has 0 saturated heterocycles. The van der Waals surface area contributed by atoms with Crippen molar-refractivity contribution in [1.29, 1.82) is 0 Å². The predicted molar refractivity (Wildman–Crippen MR) is 68.3 cm³/mol. The highest BCUT2D eigenvalue weighted by molar-refractivity contribution is 5.94. The van der Waals surface area contributed by atoms with Crippen LogP contribution in [0.5, 0.6) is 5.75 Å². The topological polar surface area (TPSA) is 93.5 Å². The Morgan fingerprint density at radius 3 is 2.78 bits per heavy atom. The molecule has 0 heterocycles. The van der Waals surface area contributed by atoms with Crippen LogP contribution in [0.15, 0.2) is 24.3 Å². The zero-order valence-corrected chi connectivity index (χ0v) is 10.4. The van der Waals surface area contributed by atoms with Crippen molar-refractivity contribution in [3.8, 4) is 5.75 Å². The van der Waals surface area contributed by atoms with Crippen LogP contribution in [-0.4, -0.2) is 31.5 Å². The molecule has 0 bridgehead atoms. The molecule has 98 valence electrons. The van der Waals surface area contributed by atoms with Gasteiger partial charge in [0, 0.05) is 18.8 Å². The van der Waals surface area contributed by atoms with Crippen LogP contribution in [0.25, 0.3) is 0 Å². The molecule has 1 rings (SSSR count). The van der Waals surface area contributed by atoms with Gasteiger partial charge in [-0.1, -0.05) is 6.07 Å². The molecule has 0 spiro atoms. The van der Waals surface area contributed by atoms with E-state index in [2.05, 4.69) is 10.6 Å². The van der Waals surface area contributed by atoms with Gasteiger partial charge in [0.1, 0.15) is 5.75 Å². The molecule has 18 heavy (non-hydrogen) atoms. The Morgan fingerprint density at radius 2 is 2.17 bits per heavy atom. The van der Waals surface area contributed by atoms with Crippen molar-refractivity contribution in [2.45, 2.75) is 13.0 Å². The third-order valence-corrected chi connectivity index (χ3v) is 2.16. The third kappa shape index (κ3) is 4.42. The lowest BCUT2D eigenvalue weighted by Crippen LogP contribution is -2.32. The molecule has 6 nitrogen and oxygen atoms in total. The van der Waals surface area contributed by atoms with Crippen molar-refractivity contribution < 1.29 is 14.3 Å². The molecule has 0 aromatic heterocycles. The zero-order chi connectivity index (χ0) is 13.5. The van der Waals surface area contributed by atoms with Crippen LogP contribution in [0.1, 0.15) is 6.92 Å². The fourth-order valence-corrected chi connectivity index (χ4v) is 1.14. The third-order valence-electron chi connectivity index (χ3n) is 2.16. The lowest BCUT2D eigenvalue weighted by molar-refractivity contribution is -0.122. The highest BCUT2D eigenvalue weighted by Crippen LogP contribution is 2.17. The van der Waals surface area contributed by atoms with Crippen LogP contribution in [0.3, 0.4) is 0 Å². The normalized spacial score (nSPS) is 11.5. The summed E-state index contributed by atoms with van der Waals surface area (Å²) in [7, 11) is 1.53. The van der Waals surface area contributed by atoms with Crippen molar-refractivity contribution in [1.82, 2.24) is 5.32 Å². The second-order valence-corrected chi connectivity index (χ2v) is 3.77. The fourth-order valence-electron chi connectivity index (χ4n) is 1.14. The average molecular weight is 251 g/mol. The largest absolute Gasteiger partial charge is 0.484 e. The minimum absolute atomic E-state index is 0.0683. The number of carbonyl (C=O) groups is 2. The Bertz CT molecular complexity index is 432. The summed E-state index contributed by atoms with van der Waals surface area (Å²) < 4.78 is 5.25. The van der Waals surface area contributed by atoms with Crippen LogP contribution in [0, 0.1) is 0 Å². The number of ether oxygens (including phenoxy) is 1. The van der Waals surface area contributed by atoms with Crippen molar-refractivity contribution in [2.24, 2.45) is 5.73 Å². The van der Waals surface area contributed by atoms with Crippen LogP contribution in [0.2, 0.25) is 0 Å². The summed E-state index contributed by atoms with van der Waals surface area (Å²) in [5.41, 5.74) is 6.02. The van der Waals surface area contributed by atoms with E-state index in [-0.39, 0.29) is 18.4 Å². The number of benzene rings is 1. The van der Waals surface area contributed by atoms with E-state index in [1.165, 1.54) is 7.05 Å². The number of hydrogen-bond donors (Lipinski definition) is 3. The van der Waals surface area contributed by atoms with E-state index in [4.69, 9.17) is 10.5 Å². The van der Waals surface area contributed by atoms with Crippen LogP contribution >= 0.6 is 0 Å². The average Bonchev–Trinajstić information content (AvgIpc) is 2.36. The molecule has 0 aliphatic rings. The zero-order valence-electron chi connectivity index (χ0n) is 10.4. The SMILES string of the molecule is CNC(=O)COc1cccc(NC(=O)C(C)N)c1. The number of likely N-dealkylation sites (N-methyl/N-ethyl adjacent to an activating group) is 1. The van der Waals surface area contributed by atoms with Gasteiger partial charge in [0.05, 0.1) is 6.04 Å². The van der Waals surface area contributed by atoms with Gasteiger partial charge in [-0.3, -0.25) is 9.59 Å². The van der Waals surface area contributed by atoms with Crippen molar-refractivity contribution in [2.75, 3.05) is 19.0 Å². The second kappa shape index (κ2) is 6.61. The Kier molecular flexibility index (Phi) is 5.13. The first kappa shape index (κ1) is 14.0. The van der Waals surface area contributed by atoms with Gasteiger partial charge in [-0.05, 0) is 19.1 Å². The number of nitrogens with one attached hydrogen (secondary N) is 2. The molecule has 0 saturated carbocycles. The van der Waals surface area contributed by atoms with Gasteiger partial charge in [0.25, 0.3) is 5.91 Å². The number of amides is 2. The molecule has 0 fully saturated rings. The Hall–Kier alpha value is -2.08. The van der Waals surface area contributed by atoms with Gasteiger partial charge in [0.15, 0.2) is 6.61 Å². The summed E-state index contributed by atoms with van der Waals surface area (Å²) in [6, 6.07) is 6.18. The minimum Gasteiger partial charge on any atom is -0.484 e. The maximum absolute atomic E-state index is 11.4. The molecule has 6 heteroatoms. The number of nitrogens with two attached hydrogens (primary N) is 1. The van der Waals surface area contributed by atoms with Crippen molar-refractivity contribution >= 4 is 17.5 Å². The molecule has 1 unspecified atom stereocenters. The molecule has 1 aromatic rings. The first-order valence-corrected chi connectivity index (χ1v) is 5.53. The molecule has 1 aromatic carbocycles. The summed E-state index contributed by atoms with van der Waals surface area (Å²) in [6.45, 7) is 1.53. The molecular weight excluding hydrogens is 234 g/mol. The van der Waals surface area contributed by atoms with Gasteiger partial charge < -0.3 is 21.1 Å². The number of hydrogen-bond acceptors (Lipinski definition) is 4. The molecule has 1 atom stereocenters. The smallest absolute Gasteiger partial charge is 0.257 e. The molecule has 0 aliphatic heterocycles. The highest BCUT2D eigenvalue weighted by atomic mass is 16.5. The van der Waals surface area contributed by atoms with Crippen LogP contribution in [-0.2, 0) is 9.59 Å². The first-order valence-electron chi connectivity index (χ1n) is 5.53. The predicted octanol–water partition coefficient (Wildman–Crippen LogP) is 0.0971. The summed E-state index contributed by atoms with van der Waals surface area (Å²) in [5.74, 6) is -0.000421.